The average molecular weight is 340 g/mol. The highest BCUT2D eigenvalue weighted by molar-refractivity contribution is 5.95. The van der Waals surface area contributed by atoms with Crippen LogP contribution in [0.4, 0.5) is 5.69 Å². The van der Waals surface area contributed by atoms with Crippen LogP contribution in [-0.2, 0) is 16.0 Å². The maximum absolute atomic E-state index is 12.3. The third-order valence-electron chi connectivity index (χ3n) is 4.26. The molecular weight excluding hydrogens is 314 g/mol. The van der Waals surface area contributed by atoms with Crippen molar-refractivity contribution < 1.29 is 9.59 Å². The highest BCUT2D eigenvalue weighted by Gasteiger charge is 2.23. The van der Waals surface area contributed by atoms with E-state index in [2.05, 4.69) is 11.4 Å². The maximum Gasteiger partial charge on any atom is 0.227 e. The molecule has 1 aromatic rings. The van der Waals surface area contributed by atoms with Gasteiger partial charge in [-0.15, -0.1) is 12.4 Å². The Hall–Kier alpha value is -1.59. The van der Waals surface area contributed by atoms with Gasteiger partial charge in [-0.25, -0.2) is 0 Å². The van der Waals surface area contributed by atoms with Gasteiger partial charge in [0, 0.05) is 37.2 Å². The minimum Gasteiger partial charge on any atom is -0.356 e. The van der Waals surface area contributed by atoms with Crippen molar-refractivity contribution in [2.45, 2.75) is 39.2 Å². The van der Waals surface area contributed by atoms with Crippen molar-refractivity contribution in [3.8, 4) is 0 Å². The number of amides is 2. The second kappa shape index (κ2) is 8.89. The molecule has 2 amide bonds. The Morgan fingerprint density at radius 2 is 2.00 bits per heavy atom. The largest absolute Gasteiger partial charge is 0.356 e. The SMILES string of the molecule is CC(N)C(C)C(=O)NCCCC(=O)N1CCc2ccccc21.Cl. The Kier molecular flexibility index (Phi) is 7.52. The first kappa shape index (κ1) is 19.5. The molecule has 5 nitrogen and oxygen atoms in total. The van der Waals surface area contributed by atoms with Crippen LogP contribution in [0.1, 0.15) is 32.3 Å². The fourth-order valence-corrected chi connectivity index (χ4v) is 2.58. The first-order chi connectivity index (χ1) is 10.5. The lowest BCUT2D eigenvalue weighted by Gasteiger charge is -2.18. The molecule has 1 aromatic carbocycles. The predicted octanol–water partition coefficient (Wildman–Crippen LogP) is 1.88. The maximum atomic E-state index is 12.3. The Morgan fingerprint density at radius 3 is 2.70 bits per heavy atom. The second-order valence-corrected chi connectivity index (χ2v) is 5.97. The first-order valence-electron chi connectivity index (χ1n) is 7.92. The summed E-state index contributed by atoms with van der Waals surface area (Å²) >= 11 is 0. The minimum atomic E-state index is -0.207. The predicted molar refractivity (Wildman–Crippen MR) is 94.8 cm³/mol. The molecule has 3 N–H and O–H groups in total. The van der Waals surface area contributed by atoms with E-state index < -0.39 is 0 Å². The van der Waals surface area contributed by atoms with Gasteiger partial charge in [0.15, 0.2) is 0 Å². The lowest BCUT2D eigenvalue weighted by molar-refractivity contribution is -0.125. The molecule has 6 heteroatoms. The number of nitrogens with zero attached hydrogens (tertiary/aromatic N) is 1. The van der Waals surface area contributed by atoms with Crippen molar-refractivity contribution in [2.75, 3.05) is 18.0 Å². The van der Waals surface area contributed by atoms with Gasteiger partial charge in [0.2, 0.25) is 11.8 Å². The van der Waals surface area contributed by atoms with E-state index in [4.69, 9.17) is 5.73 Å². The van der Waals surface area contributed by atoms with Gasteiger partial charge in [-0.1, -0.05) is 25.1 Å². The van der Waals surface area contributed by atoms with E-state index >= 15 is 0 Å². The Morgan fingerprint density at radius 1 is 1.30 bits per heavy atom. The highest BCUT2D eigenvalue weighted by atomic mass is 35.5. The molecule has 0 bridgehead atoms. The lowest BCUT2D eigenvalue weighted by Crippen LogP contribution is -2.39. The highest BCUT2D eigenvalue weighted by Crippen LogP contribution is 2.27. The number of nitrogens with two attached hydrogens (primary N) is 1. The Labute approximate surface area is 144 Å². The summed E-state index contributed by atoms with van der Waals surface area (Å²) < 4.78 is 0. The molecule has 128 valence electrons. The molecular formula is C17H26ClN3O2. The topological polar surface area (TPSA) is 75.4 Å². The second-order valence-electron chi connectivity index (χ2n) is 5.97. The van der Waals surface area contributed by atoms with Crippen LogP contribution < -0.4 is 16.0 Å². The van der Waals surface area contributed by atoms with Crippen LogP contribution in [0.15, 0.2) is 24.3 Å². The van der Waals surface area contributed by atoms with Gasteiger partial charge < -0.3 is 16.0 Å². The van der Waals surface area contributed by atoms with E-state index in [1.165, 1.54) is 5.56 Å². The summed E-state index contributed by atoms with van der Waals surface area (Å²) in [5.74, 6) is -0.130. The van der Waals surface area contributed by atoms with Crippen LogP contribution in [0.3, 0.4) is 0 Å². The van der Waals surface area contributed by atoms with E-state index in [0.29, 0.717) is 19.4 Å². The number of benzene rings is 1. The van der Waals surface area contributed by atoms with Crippen LogP contribution in [0.5, 0.6) is 0 Å². The summed E-state index contributed by atoms with van der Waals surface area (Å²) in [4.78, 5) is 25.9. The van der Waals surface area contributed by atoms with Crippen LogP contribution in [0.25, 0.3) is 0 Å². The lowest BCUT2D eigenvalue weighted by atomic mass is 10.0. The number of halogens is 1. The molecule has 0 fully saturated rings. The van der Waals surface area contributed by atoms with Gasteiger partial charge in [-0.05, 0) is 31.4 Å². The summed E-state index contributed by atoms with van der Waals surface area (Å²) in [6.07, 6.45) is 2.01. The number of carbonyl (C=O) groups excluding carboxylic acids is 2. The molecule has 0 spiro atoms. The molecule has 2 atom stereocenters. The molecule has 2 unspecified atom stereocenters. The normalized spacial score (nSPS) is 15.3. The van der Waals surface area contributed by atoms with Crippen molar-refractivity contribution in [1.82, 2.24) is 5.32 Å². The number of fused-ring (bicyclic) bond motifs is 1. The van der Waals surface area contributed by atoms with Crippen LogP contribution in [-0.4, -0.2) is 30.9 Å². The number of anilines is 1. The van der Waals surface area contributed by atoms with Crippen molar-refractivity contribution in [3.05, 3.63) is 29.8 Å². The standard InChI is InChI=1S/C17H25N3O2.ClH/c1-12(13(2)18)17(22)19-10-5-8-16(21)20-11-9-14-6-3-4-7-15(14)20;/h3-4,6-7,12-13H,5,8-11,18H2,1-2H3,(H,19,22);1H. The molecule has 0 saturated carbocycles. The number of para-hydroxylation sites is 1. The van der Waals surface area contributed by atoms with Crippen molar-refractivity contribution >= 4 is 29.9 Å². The fraction of sp³-hybridized carbons (Fsp3) is 0.529. The summed E-state index contributed by atoms with van der Waals surface area (Å²) in [6.45, 7) is 4.90. The molecule has 1 aliphatic rings. The number of nitrogens with one attached hydrogen (secondary N) is 1. The third kappa shape index (κ3) is 4.94. The van der Waals surface area contributed by atoms with Crippen molar-refractivity contribution in [2.24, 2.45) is 11.7 Å². The summed E-state index contributed by atoms with van der Waals surface area (Å²) in [5.41, 5.74) is 7.96. The van der Waals surface area contributed by atoms with Gasteiger partial charge in [0.1, 0.15) is 0 Å². The van der Waals surface area contributed by atoms with Crippen LogP contribution >= 0.6 is 12.4 Å². The van der Waals surface area contributed by atoms with E-state index in [0.717, 1.165) is 18.7 Å². The van der Waals surface area contributed by atoms with E-state index in [1.54, 1.807) is 0 Å². The molecule has 0 saturated heterocycles. The Bertz CT molecular complexity index is 548. The van der Waals surface area contributed by atoms with Gasteiger partial charge in [0.05, 0.1) is 0 Å². The molecule has 0 radical (unpaired) electrons. The van der Waals surface area contributed by atoms with Crippen LogP contribution in [0, 0.1) is 5.92 Å². The number of rotatable bonds is 6. The third-order valence-corrected chi connectivity index (χ3v) is 4.26. The zero-order valence-electron chi connectivity index (χ0n) is 13.7. The summed E-state index contributed by atoms with van der Waals surface area (Å²) in [7, 11) is 0. The van der Waals surface area contributed by atoms with E-state index in [1.807, 2.05) is 36.9 Å². The van der Waals surface area contributed by atoms with Crippen molar-refractivity contribution in [1.29, 1.82) is 0 Å². The minimum absolute atomic E-state index is 0. The molecule has 1 aliphatic heterocycles. The molecule has 1 heterocycles. The monoisotopic (exact) mass is 339 g/mol. The van der Waals surface area contributed by atoms with E-state index in [-0.39, 0.29) is 36.2 Å². The number of carbonyl (C=O) groups is 2. The zero-order chi connectivity index (χ0) is 16.1. The number of hydrogen-bond acceptors (Lipinski definition) is 3. The smallest absolute Gasteiger partial charge is 0.227 e. The molecule has 0 aromatic heterocycles. The Balaban J connectivity index is 0.00000264. The average Bonchev–Trinajstić information content (AvgIpc) is 2.94. The molecule has 23 heavy (non-hydrogen) atoms. The van der Waals surface area contributed by atoms with Crippen LogP contribution in [0.2, 0.25) is 0 Å². The van der Waals surface area contributed by atoms with Crippen molar-refractivity contribution in [3.63, 3.8) is 0 Å². The fourth-order valence-electron chi connectivity index (χ4n) is 2.58. The summed E-state index contributed by atoms with van der Waals surface area (Å²) in [5, 5.41) is 2.84. The van der Waals surface area contributed by atoms with E-state index in [9.17, 15) is 9.59 Å². The summed E-state index contributed by atoms with van der Waals surface area (Å²) in [6, 6.07) is 7.86. The molecule has 2 rings (SSSR count). The van der Waals surface area contributed by atoms with Gasteiger partial charge in [-0.3, -0.25) is 9.59 Å². The van der Waals surface area contributed by atoms with Gasteiger partial charge in [-0.2, -0.15) is 0 Å². The quantitative estimate of drug-likeness (QED) is 0.777. The zero-order valence-corrected chi connectivity index (χ0v) is 14.6. The van der Waals surface area contributed by atoms with Gasteiger partial charge in [0.25, 0.3) is 0 Å². The van der Waals surface area contributed by atoms with Gasteiger partial charge >= 0.3 is 0 Å². The first-order valence-corrected chi connectivity index (χ1v) is 7.92. The number of hydrogen-bond donors (Lipinski definition) is 2. The molecule has 0 aliphatic carbocycles.